The van der Waals surface area contributed by atoms with Gasteiger partial charge in [0, 0.05) is 28.8 Å². The van der Waals surface area contributed by atoms with Crippen molar-refractivity contribution in [1.82, 2.24) is 0 Å². The SMILES string of the molecule is O=C(CCSc1ccccc1)Nc1ccc(F)c(F)c1. The summed E-state index contributed by atoms with van der Waals surface area (Å²) in [5.41, 5.74) is 0.263. The fourth-order valence-electron chi connectivity index (χ4n) is 1.58. The minimum Gasteiger partial charge on any atom is -0.326 e. The molecule has 104 valence electrons. The molecule has 1 N–H and O–H groups in total. The molecule has 2 nitrogen and oxygen atoms in total. The molecule has 0 unspecified atom stereocenters. The van der Waals surface area contributed by atoms with E-state index < -0.39 is 11.6 Å². The zero-order chi connectivity index (χ0) is 14.4. The molecule has 0 saturated carbocycles. The lowest BCUT2D eigenvalue weighted by Crippen LogP contribution is -2.12. The highest BCUT2D eigenvalue weighted by atomic mass is 32.2. The Morgan fingerprint density at radius 3 is 2.50 bits per heavy atom. The van der Waals surface area contributed by atoms with Crippen molar-refractivity contribution in [1.29, 1.82) is 0 Å². The van der Waals surface area contributed by atoms with Gasteiger partial charge in [-0.3, -0.25) is 4.79 Å². The zero-order valence-corrected chi connectivity index (χ0v) is 11.4. The molecule has 0 saturated heterocycles. The predicted molar refractivity (Wildman–Crippen MR) is 76.8 cm³/mol. The fourth-order valence-corrected chi connectivity index (χ4v) is 2.45. The number of thioether (sulfide) groups is 1. The molecule has 2 aromatic carbocycles. The van der Waals surface area contributed by atoms with Crippen molar-refractivity contribution in [3.8, 4) is 0 Å². The molecule has 2 rings (SSSR count). The van der Waals surface area contributed by atoms with Crippen LogP contribution in [-0.4, -0.2) is 11.7 Å². The molecular formula is C15H13F2NOS. The van der Waals surface area contributed by atoms with Gasteiger partial charge in [0.15, 0.2) is 11.6 Å². The number of halogens is 2. The summed E-state index contributed by atoms with van der Waals surface area (Å²) in [5, 5.41) is 2.54. The number of carbonyl (C=O) groups excluding carboxylic acids is 1. The number of hydrogen-bond donors (Lipinski definition) is 1. The third-order valence-corrected chi connectivity index (χ3v) is 3.56. The Hall–Kier alpha value is -1.88. The van der Waals surface area contributed by atoms with E-state index in [0.717, 1.165) is 17.0 Å². The van der Waals surface area contributed by atoms with Gasteiger partial charge in [0.05, 0.1) is 0 Å². The summed E-state index contributed by atoms with van der Waals surface area (Å²) >= 11 is 1.57. The van der Waals surface area contributed by atoms with Gasteiger partial charge in [0.1, 0.15) is 0 Å². The smallest absolute Gasteiger partial charge is 0.225 e. The Morgan fingerprint density at radius 2 is 1.80 bits per heavy atom. The average Bonchev–Trinajstić information content (AvgIpc) is 2.44. The molecular weight excluding hydrogens is 280 g/mol. The van der Waals surface area contributed by atoms with E-state index in [2.05, 4.69) is 5.32 Å². The number of amides is 1. The van der Waals surface area contributed by atoms with Gasteiger partial charge in [-0.2, -0.15) is 0 Å². The van der Waals surface area contributed by atoms with Crippen molar-refractivity contribution in [2.24, 2.45) is 0 Å². The molecule has 5 heteroatoms. The second kappa shape index (κ2) is 7.05. The van der Waals surface area contributed by atoms with Crippen LogP contribution < -0.4 is 5.32 Å². The monoisotopic (exact) mass is 293 g/mol. The Kier molecular flexibility index (Phi) is 5.12. The van der Waals surface area contributed by atoms with Gasteiger partial charge in [-0.05, 0) is 24.3 Å². The van der Waals surface area contributed by atoms with E-state index in [-0.39, 0.29) is 11.6 Å². The second-order valence-electron chi connectivity index (χ2n) is 4.09. The van der Waals surface area contributed by atoms with Crippen molar-refractivity contribution in [2.75, 3.05) is 11.1 Å². The molecule has 0 aliphatic rings. The molecule has 0 aliphatic carbocycles. The first-order chi connectivity index (χ1) is 9.65. The van der Waals surface area contributed by atoms with Gasteiger partial charge in [-0.25, -0.2) is 8.78 Å². The number of hydrogen-bond acceptors (Lipinski definition) is 2. The molecule has 0 bridgehead atoms. The summed E-state index contributed by atoms with van der Waals surface area (Å²) < 4.78 is 25.7. The maximum absolute atomic E-state index is 13.0. The van der Waals surface area contributed by atoms with Crippen molar-refractivity contribution in [3.63, 3.8) is 0 Å². The third kappa shape index (κ3) is 4.35. The van der Waals surface area contributed by atoms with Crippen LogP contribution in [0.2, 0.25) is 0 Å². The second-order valence-corrected chi connectivity index (χ2v) is 5.26. The van der Waals surface area contributed by atoms with E-state index >= 15 is 0 Å². The van der Waals surface area contributed by atoms with Gasteiger partial charge in [-0.1, -0.05) is 18.2 Å². The molecule has 0 aromatic heterocycles. The summed E-state index contributed by atoms with van der Waals surface area (Å²) in [6, 6.07) is 13.0. The first-order valence-corrected chi connectivity index (χ1v) is 7.06. The first kappa shape index (κ1) is 14.5. The van der Waals surface area contributed by atoms with Crippen molar-refractivity contribution < 1.29 is 13.6 Å². The maximum Gasteiger partial charge on any atom is 0.225 e. The Morgan fingerprint density at radius 1 is 1.05 bits per heavy atom. The van der Waals surface area contributed by atoms with Crippen LogP contribution in [-0.2, 0) is 4.79 Å². The molecule has 0 heterocycles. The number of rotatable bonds is 5. The molecule has 0 fully saturated rings. The third-order valence-electron chi connectivity index (χ3n) is 2.54. The lowest BCUT2D eigenvalue weighted by Gasteiger charge is -2.05. The lowest BCUT2D eigenvalue weighted by atomic mass is 10.3. The molecule has 1 amide bonds. The van der Waals surface area contributed by atoms with Crippen LogP contribution >= 0.6 is 11.8 Å². The molecule has 0 radical (unpaired) electrons. The summed E-state index contributed by atoms with van der Waals surface area (Å²) in [5.74, 6) is -1.50. The summed E-state index contributed by atoms with van der Waals surface area (Å²) in [6.07, 6.45) is 0.304. The van der Waals surface area contributed by atoms with Crippen molar-refractivity contribution >= 4 is 23.4 Å². The summed E-state index contributed by atoms with van der Waals surface area (Å²) in [4.78, 5) is 12.7. The number of nitrogens with one attached hydrogen (secondary N) is 1. The van der Waals surface area contributed by atoms with E-state index in [1.165, 1.54) is 6.07 Å². The van der Waals surface area contributed by atoms with E-state index in [9.17, 15) is 13.6 Å². The topological polar surface area (TPSA) is 29.1 Å². The normalized spacial score (nSPS) is 10.3. The quantitative estimate of drug-likeness (QED) is 0.841. The van der Waals surface area contributed by atoms with E-state index in [4.69, 9.17) is 0 Å². The molecule has 0 atom stereocenters. The summed E-state index contributed by atoms with van der Waals surface area (Å²) in [6.45, 7) is 0. The average molecular weight is 293 g/mol. The van der Waals surface area contributed by atoms with Gasteiger partial charge in [0.25, 0.3) is 0 Å². The molecule has 0 spiro atoms. The molecule has 20 heavy (non-hydrogen) atoms. The van der Waals surface area contributed by atoms with Gasteiger partial charge in [-0.15, -0.1) is 11.8 Å². The highest BCUT2D eigenvalue weighted by Gasteiger charge is 2.06. The van der Waals surface area contributed by atoms with E-state index in [0.29, 0.717) is 12.2 Å². The van der Waals surface area contributed by atoms with Crippen LogP contribution in [0.3, 0.4) is 0 Å². The highest BCUT2D eigenvalue weighted by Crippen LogP contribution is 2.18. The standard InChI is InChI=1S/C15H13F2NOS/c16-13-7-6-11(10-14(13)17)18-15(19)8-9-20-12-4-2-1-3-5-12/h1-7,10H,8-9H2,(H,18,19). The highest BCUT2D eigenvalue weighted by molar-refractivity contribution is 7.99. The van der Waals surface area contributed by atoms with Gasteiger partial charge in [0.2, 0.25) is 5.91 Å². The first-order valence-electron chi connectivity index (χ1n) is 6.08. The predicted octanol–water partition coefficient (Wildman–Crippen LogP) is 4.09. The van der Waals surface area contributed by atoms with Crippen LogP contribution in [0.15, 0.2) is 53.4 Å². The number of anilines is 1. The van der Waals surface area contributed by atoms with Crippen LogP contribution in [0.4, 0.5) is 14.5 Å². The molecule has 0 aliphatic heterocycles. The van der Waals surface area contributed by atoms with Crippen molar-refractivity contribution in [2.45, 2.75) is 11.3 Å². The fraction of sp³-hybridized carbons (Fsp3) is 0.133. The number of benzene rings is 2. The molecule has 2 aromatic rings. The van der Waals surface area contributed by atoms with E-state index in [1.807, 2.05) is 30.3 Å². The Labute approximate surface area is 120 Å². The lowest BCUT2D eigenvalue weighted by molar-refractivity contribution is -0.115. The summed E-state index contributed by atoms with van der Waals surface area (Å²) in [7, 11) is 0. The number of carbonyl (C=O) groups is 1. The van der Waals surface area contributed by atoms with Crippen LogP contribution in [0, 0.1) is 11.6 Å². The van der Waals surface area contributed by atoms with E-state index in [1.54, 1.807) is 11.8 Å². The largest absolute Gasteiger partial charge is 0.326 e. The minimum absolute atomic E-state index is 0.223. The van der Waals surface area contributed by atoms with Crippen LogP contribution in [0.25, 0.3) is 0 Å². The van der Waals surface area contributed by atoms with Crippen LogP contribution in [0.1, 0.15) is 6.42 Å². The van der Waals surface area contributed by atoms with Crippen molar-refractivity contribution in [3.05, 3.63) is 60.2 Å². The minimum atomic E-state index is -0.971. The van der Waals surface area contributed by atoms with Crippen LogP contribution in [0.5, 0.6) is 0 Å². The van der Waals surface area contributed by atoms with Gasteiger partial charge < -0.3 is 5.32 Å². The Bertz CT molecular complexity index is 590. The zero-order valence-electron chi connectivity index (χ0n) is 10.6. The maximum atomic E-state index is 13.0. The van der Waals surface area contributed by atoms with Gasteiger partial charge >= 0.3 is 0 Å². The Balaban J connectivity index is 1.79.